The lowest BCUT2D eigenvalue weighted by Gasteiger charge is -2.12. The summed E-state index contributed by atoms with van der Waals surface area (Å²) < 4.78 is 7.62. The van der Waals surface area contributed by atoms with Gasteiger partial charge in [-0.15, -0.1) is 11.3 Å². The summed E-state index contributed by atoms with van der Waals surface area (Å²) in [6.45, 7) is 0. The van der Waals surface area contributed by atoms with Crippen LogP contribution >= 0.6 is 11.3 Å². The van der Waals surface area contributed by atoms with Gasteiger partial charge in [-0.05, 0) is 65.4 Å². The van der Waals surface area contributed by atoms with E-state index in [9.17, 15) is 0 Å². The standard InChI is InChI=1S/C40H24N2S/c1-2-13-27(14-3-1)41-34-22-21-29-28-15-6-8-17-32(28)42(33-18-10-20-37-38(33)30-16-7-9-19-36(30)43-37)40(29)39(34)31-23-25-11-4-5-12-26(25)24-35(31)41/h1-24H. The van der Waals surface area contributed by atoms with E-state index < -0.39 is 0 Å². The molecule has 43 heavy (non-hydrogen) atoms. The van der Waals surface area contributed by atoms with Gasteiger partial charge in [0.1, 0.15) is 0 Å². The van der Waals surface area contributed by atoms with Gasteiger partial charge in [-0.3, -0.25) is 0 Å². The van der Waals surface area contributed by atoms with Crippen molar-refractivity contribution in [3.05, 3.63) is 146 Å². The predicted molar refractivity (Wildman–Crippen MR) is 186 cm³/mol. The zero-order valence-corrected chi connectivity index (χ0v) is 24.0. The van der Waals surface area contributed by atoms with Crippen LogP contribution in [0, 0.1) is 0 Å². The van der Waals surface area contributed by atoms with Gasteiger partial charge in [0.15, 0.2) is 0 Å². The summed E-state index contributed by atoms with van der Waals surface area (Å²) in [5, 5.41) is 10.3. The van der Waals surface area contributed by atoms with E-state index in [1.54, 1.807) is 0 Å². The molecule has 0 saturated carbocycles. The maximum atomic E-state index is 2.54. The Morgan fingerprint density at radius 2 is 1.12 bits per heavy atom. The first kappa shape index (κ1) is 23.2. The second-order valence-corrected chi connectivity index (χ2v) is 12.4. The number of benzene rings is 7. The quantitative estimate of drug-likeness (QED) is 0.198. The van der Waals surface area contributed by atoms with Crippen molar-refractivity contribution < 1.29 is 0 Å². The molecular formula is C40H24N2S. The lowest BCUT2D eigenvalue weighted by molar-refractivity contribution is 1.18. The number of hydrogen-bond acceptors (Lipinski definition) is 1. The number of aromatic nitrogens is 2. The average molecular weight is 565 g/mol. The van der Waals surface area contributed by atoms with Crippen LogP contribution in [0.5, 0.6) is 0 Å². The highest BCUT2D eigenvalue weighted by atomic mass is 32.1. The highest BCUT2D eigenvalue weighted by Gasteiger charge is 2.22. The number of fused-ring (bicyclic) bond motifs is 11. The zero-order valence-electron chi connectivity index (χ0n) is 23.2. The molecule has 0 unspecified atom stereocenters. The summed E-state index contributed by atoms with van der Waals surface area (Å²) in [6, 6.07) is 53.4. The van der Waals surface area contributed by atoms with Crippen molar-refractivity contribution in [2.75, 3.05) is 0 Å². The Morgan fingerprint density at radius 3 is 2.00 bits per heavy atom. The van der Waals surface area contributed by atoms with E-state index in [0.717, 1.165) is 0 Å². The first-order valence-electron chi connectivity index (χ1n) is 14.7. The molecule has 0 aliphatic heterocycles. The summed E-state index contributed by atoms with van der Waals surface area (Å²) >= 11 is 1.88. The van der Waals surface area contributed by atoms with Crippen LogP contribution in [-0.2, 0) is 0 Å². The lowest BCUT2D eigenvalue weighted by atomic mass is 10.0. The van der Waals surface area contributed by atoms with Crippen LogP contribution in [0.3, 0.4) is 0 Å². The van der Waals surface area contributed by atoms with Gasteiger partial charge < -0.3 is 9.13 Å². The van der Waals surface area contributed by atoms with Crippen molar-refractivity contribution >= 4 is 85.9 Å². The van der Waals surface area contributed by atoms with Gasteiger partial charge in [0.25, 0.3) is 0 Å². The zero-order chi connectivity index (χ0) is 28.1. The Morgan fingerprint density at radius 1 is 0.395 bits per heavy atom. The first-order valence-corrected chi connectivity index (χ1v) is 15.5. The molecule has 7 aromatic carbocycles. The largest absolute Gasteiger partial charge is 0.309 e. The van der Waals surface area contributed by atoms with Crippen LogP contribution in [-0.4, -0.2) is 9.13 Å². The normalized spacial score (nSPS) is 12.2. The molecule has 3 heteroatoms. The molecule has 3 heterocycles. The first-order chi connectivity index (χ1) is 21.3. The van der Waals surface area contributed by atoms with E-state index in [-0.39, 0.29) is 0 Å². The third kappa shape index (κ3) is 3.12. The Kier molecular flexibility index (Phi) is 4.63. The monoisotopic (exact) mass is 564 g/mol. The summed E-state index contributed by atoms with van der Waals surface area (Å²) in [4.78, 5) is 0. The van der Waals surface area contributed by atoms with Gasteiger partial charge in [-0.25, -0.2) is 0 Å². The molecule has 0 atom stereocenters. The minimum Gasteiger partial charge on any atom is -0.309 e. The summed E-state index contributed by atoms with van der Waals surface area (Å²) in [5.41, 5.74) is 7.34. The smallest absolute Gasteiger partial charge is 0.0641 e. The Balaban J connectivity index is 1.48. The average Bonchev–Trinajstić information content (AvgIpc) is 3.71. The van der Waals surface area contributed by atoms with E-state index in [4.69, 9.17) is 0 Å². The Bertz CT molecular complexity index is 2720. The summed E-state index contributed by atoms with van der Waals surface area (Å²) in [6.07, 6.45) is 0. The summed E-state index contributed by atoms with van der Waals surface area (Å²) in [5.74, 6) is 0. The molecule has 10 rings (SSSR count). The lowest BCUT2D eigenvalue weighted by Crippen LogP contribution is -1.96. The van der Waals surface area contributed by atoms with Crippen molar-refractivity contribution in [3.63, 3.8) is 0 Å². The topological polar surface area (TPSA) is 9.86 Å². The highest BCUT2D eigenvalue weighted by molar-refractivity contribution is 7.25. The number of para-hydroxylation sites is 2. The number of thiophene rings is 1. The minimum absolute atomic E-state index is 1.17. The molecule has 2 nitrogen and oxygen atoms in total. The van der Waals surface area contributed by atoms with Gasteiger partial charge in [0.2, 0.25) is 0 Å². The molecule has 0 fully saturated rings. The molecule has 0 radical (unpaired) electrons. The fraction of sp³-hybridized carbons (Fsp3) is 0. The third-order valence-corrected chi connectivity index (χ3v) is 10.2. The fourth-order valence-electron chi connectivity index (χ4n) is 7.29. The van der Waals surface area contributed by atoms with E-state index in [2.05, 4.69) is 155 Å². The van der Waals surface area contributed by atoms with Gasteiger partial charge >= 0.3 is 0 Å². The van der Waals surface area contributed by atoms with E-state index in [1.807, 2.05) is 11.3 Å². The molecule has 0 spiro atoms. The van der Waals surface area contributed by atoms with E-state index in [1.165, 1.54) is 85.9 Å². The van der Waals surface area contributed by atoms with Crippen LogP contribution in [0.2, 0.25) is 0 Å². The van der Waals surface area contributed by atoms with Gasteiger partial charge in [-0.2, -0.15) is 0 Å². The predicted octanol–water partition coefficient (Wildman–Crippen LogP) is 11.4. The van der Waals surface area contributed by atoms with E-state index in [0.29, 0.717) is 0 Å². The van der Waals surface area contributed by atoms with Gasteiger partial charge in [-0.1, -0.05) is 91.0 Å². The van der Waals surface area contributed by atoms with Crippen LogP contribution in [0.25, 0.3) is 85.9 Å². The van der Waals surface area contributed by atoms with E-state index >= 15 is 0 Å². The highest BCUT2D eigenvalue weighted by Crippen LogP contribution is 2.45. The maximum Gasteiger partial charge on any atom is 0.0641 e. The van der Waals surface area contributed by atoms with Gasteiger partial charge in [0.05, 0.1) is 27.8 Å². The molecule has 0 bridgehead atoms. The van der Waals surface area contributed by atoms with Crippen LogP contribution in [0.1, 0.15) is 0 Å². The number of rotatable bonds is 2. The molecule has 0 aliphatic carbocycles. The van der Waals surface area contributed by atoms with Crippen molar-refractivity contribution in [1.29, 1.82) is 0 Å². The molecule has 0 saturated heterocycles. The number of hydrogen-bond donors (Lipinski definition) is 0. The van der Waals surface area contributed by atoms with Crippen LogP contribution in [0.15, 0.2) is 146 Å². The second-order valence-electron chi connectivity index (χ2n) is 11.3. The summed E-state index contributed by atoms with van der Waals surface area (Å²) in [7, 11) is 0. The molecular weight excluding hydrogens is 541 g/mol. The van der Waals surface area contributed by atoms with Crippen molar-refractivity contribution in [2.45, 2.75) is 0 Å². The third-order valence-electron chi connectivity index (χ3n) is 9.07. The van der Waals surface area contributed by atoms with Crippen LogP contribution in [0.4, 0.5) is 0 Å². The van der Waals surface area contributed by atoms with Crippen molar-refractivity contribution in [1.82, 2.24) is 9.13 Å². The van der Waals surface area contributed by atoms with Crippen molar-refractivity contribution in [2.24, 2.45) is 0 Å². The van der Waals surface area contributed by atoms with Gasteiger partial charge in [0, 0.05) is 47.4 Å². The number of nitrogens with zero attached hydrogens (tertiary/aromatic N) is 2. The van der Waals surface area contributed by atoms with Crippen molar-refractivity contribution in [3.8, 4) is 11.4 Å². The maximum absolute atomic E-state index is 2.54. The molecule has 3 aromatic heterocycles. The Hall–Kier alpha value is -5.38. The molecule has 10 aromatic rings. The second kappa shape index (κ2) is 8.57. The molecule has 200 valence electrons. The molecule has 0 N–H and O–H groups in total. The Labute approximate surface area is 251 Å². The SMILES string of the molecule is c1ccc(-n2c3cc4ccccc4cc3c3c2ccc2c4ccccc4n(-c4cccc5sc6ccccc6c45)c23)cc1. The minimum atomic E-state index is 1.17. The molecule has 0 aliphatic rings. The fourth-order valence-corrected chi connectivity index (χ4v) is 8.42. The van der Waals surface area contributed by atoms with Crippen LogP contribution < -0.4 is 0 Å². The molecule has 0 amide bonds.